The molecule has 0 saturated carbocycles. The summed E-state index contributed by atoms with van der Waals surface area (Å²) in [5.41, 5.74) is 0.178. The van der Waals surface area contributed by atoms with Crippen LogP contribution in [0, 0.1) is 0 Å². The number of aliphatic imine (C=N–C) groups is 1. The van der Waals surface area contributed by atoms with Gasteiger partial charge in [0.2, 0.25) is 0 Å². The summed E-state index contributed by atoms with van der Waals surface area (Å²) in [5.74, 6) is 0.435. The lowest BCUT2D eigenvalue weighted by Gasteiger charge is -2.23. The Bertz CT molecular complexity index is 687. The lowest BCUT2D eigenvalue weighted by Crippen LogP contribution is -2.40. The fourth-order valence-electron chi connectivity index (χ4n) is 2.52. The van der Waals surface area contributed by atoms with Crippen molar-refractivity contribution in [3.63, 3.8) is 0 Å². The minimum absolute atomic E-state index is 0.0792. The van der Waals surface area contributed by atoms with Crippen LogP contribution in [0.2, 0.25) is 0 Å². The predicted molar refractivity (Wildman–Crippen MR) is 75.9 cm³/mol. The van der Waals surface area contributed by atoms with Gasteiger partial charge in [0.15, 0.2) is 5.96 Å². The molecule has 1 unspecified atom stereocenters. The molecule has 2 aromatic carbocycles. The van der Waals surface area contributed by atoms with Crippen molar-refractivity contribution in [3.05, 3.63) is 48.0 Å². The summed E-state index contributed by atoms with van der Waals surface area (Å²) < 4.78 is 0. The zero-order valence-corrected chi connectivity index (χ0v) is 10.9. The maximum Gasteiger partial charge on any atom is 0.256 e. The molecule has 0 aliphatic carbocycles. The fraction of sp³-hybridized carbons (Fsp3) is 0.200. The van der Waals surface area contributed by atoms with Gasteiger partial charge in [-0.1, -0.05) is 42.5 Å². The Morgan fingerprint density at radius 1 is 1.11 bits per heavy atom. The van der Waals surface area contributed by atoms with Crippen molar-refractivity contribution < 1.29 is 4.79 Å². The number of fused-ring (bicyclic) bond motifs is 1. The van der Waals surface area contributed by atoms with Crippen molar-refractivity contribution >= 4 is 22.6 Å². The molecule has 0 bridgehead atoms. The van der Waals surface area contributed by atoms with Crippen molar-refractivity contribution in [1.82, 2.24) is 10.6 Å². The van der Waals surface area contributed by atoms with E-state index in [0.717, 1.165) is 16.3 Å². The van der Waals surface area contributed by atoms with Gasteiger partial charge in [-0.25, -0.2) is 0 Å². The summed E-state index contributed by atoms with van der Waals surface area (Å²) in [6, 6.07) is 14.1. The number of carbonyl (C=O) groups excluding carboxylic acids is 1. The Morgan fingerprint density at radius 2 is 1.84 bits per heavy atom. The third-order valence-corrected chi connectivity index (χ3v) is 3.61. The first-order chi connectivity index (χ1) is 9.15. The van der Waals surface area contributed by atoms with E-state index in [4.69, 9.17) is 0 Å². The van der Waals surface area contributed by atoms with Gasteiger partial charge < -0.3 is 5.32 Å². The lowest BCUT2D eigenvalue weighted by atomic mass is 9.88. The number of rotatable bonds is 1. The highest BCUT2D eigenvalue weighted by Gasteiger charge is 2.42. The molecule has 4 nitrogen and oxygen atoms in total. The first kappa shape index (κ1) is 11.7. The monoisotopic (exact) mass is 253 g/mol. The van der Waals surface area contributed by atoms with Crippen molar-refractivity contribution in [1.29, 1.82) is 0 Å². The molecule has 1 atom stereocenters. The number of hydrogen-bond acceptors (Lipinski definition) is 2. The van der Waals surface area contributed by atoms with Crippen LogP contribution in [-0.4, -0.2) is 18.9 Å². The molecule has 1 heterocycles. The summed E-state index contributed by atoms with van der Waals surface area (Å²) in [6.07, 6.45) is 0. The van der Waals surface area contributed by atoms with Gasteiger partial charge in [-0.2, -0.15) is 0 Å². The van der Waals surface area contributed by atoms with Crippen molar-refractivity contribution in [2.24, 2.45) is 4.99 Å². The van der Waals surface area contributed by atoms with E-state index in [1.54, 1.807) is 7.05 Å². The van der Waals surface area contributed by atoms with Gasteiger partial charge in [-0.05, 0) is 23.3 Å². The molecule has 1 aliphatic rings. The highest BCUT2D eigenvalue weighted by atomic mass is 16.2. The van der Waals surface area contributed by atoms with Crippen LogP contribution in [0.3, 0.4) is 0 Å². The van der Waals surface area contributed by atoms with E-state index in [1.807, 2.05) is 49.4 Å². The van der Waals surface area contributed by atoms with Crippen LogP contribution in [0.15, 0.2) is 47.5 Å². The third-order valence-electron chi connectivity index (χ3n) is 3.61. The SMILES string of the molecule is CN=C1NC(=O)C(C)(c2cccc3ccccc23)N1. The van der Waals surface area contributed by atoms with E-state index in [-0.39, 0.29) is 5.91 Å². The van der Waals surface area contributed by atoms with Crippen LogP contribution in [0.5, 0.6) is 0 Å². The van der Waals surface area contributed by atoms with E-state index >= 15 is 0 Å². The summed E-state index contributed by atoms with van der Waals surface area (Å²) in [7, 11) is 1.65. The Hall–Kier alpha value is -2.36. The minimum Gasteiger partial charge on any atom is -0.338 e. The molecule has 0 aromatic heterocycles. The van der Waals surface area contributed by atoms with Gasteiger partial charge in [0.25, 0.3) is 5.91 Å². The standard InChI is InChI=1S/C15H15N3O/c1-15(13(19)17-14(16-2)18-15)12-9-5-7-10-6-3-4-8-11(10)12/h3-9H,1-2H3,(H2,16,17,18,19). The molecular formula is C15H15N3O. The maximum atomic E-state index is 12.3. The Morgan fingerprint density at radius 3 is 2.58 bits per heavy atom. The third kappa shape index (κ3) is 1.68. The highest BCUT2D eigenvalue weighted by Crippen LogP contribution is 2.30. The zero-order chi connectivity index (χ0) is 13.5. The molecule has 2 aromatic rings. The van der Waals surface area contributed by atoms with E-state index in [2.05, 4.69) is 15.6 Å². The largest absolute Gasteiger partial charge is 0.338 e. The first-order valence-corrected chi connectivity index (χ1v) is 6.20. The molecule has 1 amide bonds. The van der Waals surface area contributed by atoms with Crippen molar-refractivity contribution in [2.45, 2.75) is 12.5 Å². The summed E-state index contributed by atoms with van der Waals surface area (Å²) in [6.45, 7) is 1.88. The predicted octanol–water partition coefficient (Wildman–Crippen LogP) is 1.76. The number of amides is 1. The molecule has 19 heavy (non-hydrogen) atoms. The van der Waals surface area contributed by atoms with Gasteiger partial charge in [-0.15, -0.1) is 0 Å². The number of carbonyl (C=O) groups is 1. The first-order valence-electron chi connectivity index (χ1n) is 6.20. The second kappa shape index (κ2) is 4.09. The van der Waals surface area contributed by atoms with E-state index in [9.17, 15) is 4.79 Å². The van der Waals surface area contributed by atoms with Crippen molar-refractivity contribution in [2.75, 3.05) is 7.05 Å². The number of nitrogens with one attached hydrogen (secondary N) is 2. The van der Waals surface area contributed by atoms with Gasteiger partial charge in [0, 0.05) is 7.05 Å². The van der Waals surface area contributed by atoms with Crippen LogP contribution in [0.4, 0.5) is 0 Å². The summed E-state index contributed by atoms with van der Waals surface area (Å²) >= 11 is 0. The van der Waals surface area contributed by atoms with Gasteiger partial charge in [0.05, 0.1) is 0 Å². The topological polar surface area (TPSA) is 53.5 Å². The number of benzene rings is 2. The normalized spacial score (nSPS) is 24.5. The highest BCUT2D eigenvalue weighted by molar-refractivity contribution is 6.10. The Balaban J connectivity index is 2.22. The minimum atomic E-state index is -0.782. The van der Waals surface area contributed by atoms with E-state index < -0.39 is 5.54 Å². The fourth-order valence-corrected chi connectivity index (χ4v) is 2.52. The van der Waals surface area contributed by atoms with E-state index in [0.29, 0.717) is 5.96 Å². The van der Waals surface area contributed by atoms with Crippen molar-refractivity contribution in [3.8, 4) is 0 Å². The van der Waals surface area contributed by atoms with Crippen LogP contribution in [0.25, 0.3) is 10.8 Å². The van der Waals surface area contributed by atoms with Crippen LogP contribution in [0.1, 0.15) is 12.5 Å². The molecule has 0 spiro atoms. The van der Waals surface area contributed by atoms with Crippen LogP contribution < -0.4 is 10.6 Å². The quantitative estimate of drug-likeness (QED) is 0.813. The smallest absolute Gasteiger partial charge is 0.256 e. The second-order valence-corrected chi connectivity index (χ2v) is 4.80. The lowest BCUT2D eigenvalue weighted by molar-refractivity contribution is -0.123. The van der Waals surface area contributed by atoms with Gasteiger partial charge in [0.1, 0.15) is 5.54 Å². The molecule has 4 heteroatoms. The van der Waals surface area contributed by atoms with Gasteiger partial charge >= 0.3 is 0 Å². The molecule has 1 fully saturated rings. The number of hydrogen-bond donors (Lipinski definition) is 2. The van der Waals surface area contributed by atoms with E-state index in [1.165, 1.54) is 0 Å². The molecule has 0 radical (unpaired) electrons. The van der Waals surface area contributed by atoms with Crippen LogP contribution in [-0.2, 0) is 10.3 Å². The maximum absolute atomic E-state index is 12.3. The molecule has 1 aliphatic heterocycles. The number of nitrogens with zero attached hydrogens (tertiary/aromatic N) is 1. The summed E-state index contributed by atoms with van der Waals surface area (Å²) in [5, 5.41) is 8.12. The molecule has 3 rings (SSSR count). The molecule has 2 N–H and O–H groups in total. The molecule has 1 saturated heterocycles. The average Bonchev–Trinajstić information content (AvgIpc) is 2.74. The zero-order valence-electron chi connectivity index (χ0n) is 10.9. The Kier molecular flexibility index (Phi) is 2.52. The second-order valence-electron chi connectivity index (χ2n) is 4.80. The summed E-state index contributed by atoms with van der Waals surface area (Å²) in [4.78, 5) is 16.3. The molecular weight excluding hydrogens is 238 g/mol. The van der Waals surface area contributed by atoms with Gasteiger partial charge in [-0.3, -0.25) is 15.1 Å². The molecule has 96 valence electrons. The van der Waals surface area contributed by atoms with Crippen LogP contribution >= 0.6 is 0 Å². The average molecular weight is 253 g/mol. The Labute approximate surface area is 111 Å². The number of guanidine groups is 1.